The summed E-state index contributed by atoms with van der Waals surface area (Å²) >= 11 is 5.88. The number of hydrogen-bond acceptors (Lipinski definition) is 4. The van der Waals surface area contributed by atoms with Crippen LogP contribution < -0.4 is 10.9 Å². The lowest BCUT2D eigenvalue weighted by Gasteiger charge is -2.21. The van der Waals surface area contributed by atoms with E-state index in [2.05, 4.69) is 10.9 Å². The number of nitro groups is 1. The van der Waals surface area contributed by atoms with Crippen molar-refractivity contribution in [1.29, 1.82) is 0 Å². The van der Waals surface area contributed by atoms with Crippen LogP contribution in [-0.2, 0) is 4.79 Å². The second kappa shape index (κ2) is 8.44. The number of nitrogens with one attached hydrogen (secondary N) is 2. The van der Waals surface area contributed by atoms with Gasteiger partial charge in [0, 0.05) is 22.7 Å². The molecular weight excluding hydrogens is 358 g/mol. The Kier molecular flexibility index (Phi) is 6.30. The van der Waals surface area contributed by atoms with Crippen LogP contribution in [0.2, 0.25) is 5.02 Å². The van der Waals surface area contributed by atoms with Gasteiger partial charge in [-0.2, -0.15) is 0 Å². The largest absolute Gasteiger partial charge is 0.273 e. The van der Waals surface area contributed by atoms with Crippen LogP contribution in [0.25, 0.3) is 0 Å². The van der Waals surface area contributed by atoms with Crippen LogP contribution in [-0.4, -0.2) is 16.7 Å². The van der Waals surface area contributed by atoms with Crippen molar-refractivity contribution < 1.29 is 14.5 Å². The van der Waals surface area contributed by atoms with Gasteiger partial charge in [-0.05, 0) is 29.7 Å². The average Bonchev–Trinajstić information content (AvgIpc) is 2.61. The Morgan fingerprint density at radius 3 is 2.31 bits per heavy atom. The van der Waals surface area contributed by atoms with Crippen LogP contribution in [0.5, 0.6) is 0 Å². The SMILES string of the molecule is CC(C)[C@H](C(=O)NNC(=O)c1cccc([N+](=O)[O-])c1)c1ccc(Cl)cc1. The summed E-state index contributed by atoms with van der Waals surface area (Å²) in [6.45, 7) is 3.78. The lowest BCUT2D eigenvalue weighted by Crippen LogP contribution is -2.44. The van der Waals surface area contributed by atoms with Crippen molar-refractivity contribution in [3.8, 4) is 0 Å². The highest BCUT2D eigenvalue weighted by atomic mass is 35.5. The normalized spacial score (nSPS) is 11.7. The molecule has 0 aliphatic carbocycles. The van der Waals surface area contributed by atoms with Gasteiger partial charge in [-0.25, -0.2) is 0 Å². The van der Waals surface area contributed by atoms with Gasteiger partial charge >= 0.3 is 0 Å². The molecule has 0 fully saturated rings. The molecule has 0 aliphatic rings. The summed E-state index contributed by atoms with van der Waals surface area (Å²) in [6, 6.07) is 12.2. The van der Waals surface area contributed by atoms with Crippen molar-refractivity contribution in [2.45, 2.75) is 19.8 Å². The zero-order valence-electron chi connectivity index (χ0n) is 14.2. The molecule has 0 unspecified atom stereocenters. The number of carbonyl (C=O) groups is 2. The van der Waals surface area contributed by atoms with Gasteiger partial charge in [-0.15, -0.1) is 0 Å². The third-order valence-electron chi connectivity index (χ3n) is 3.80. The molecular formula is C18H18ClN3O4. The number of nitro benzene ring substituents is 1. The summed E-state index contributed by atoms with van der Waals surface area (Å²) in [4.78, 5) is 34.8. The molecule has 0 aliphatic heterocycles. The predicted octanol–water partition coefficient (Wildman–Crippen LogP) is 3.45. The summed E-state index contributed by atoms with van der Waals surface area (Å²) < 4.78 is 0. The van der Waals surface area contributed by atoms with E-state index in [1.54, 1.807) is 24.3 Å². The lowest BCUT2D eigenvalue weighted by molar-refractivity contribution is -0.384. The number of halogens is 1. The van der Waals surface area contributed by atoms with Gasteiger partial charge in [-0.1, -0.05) is 43.6 Å². The van der Waals surface area contributed by atoms with Gasteiger partial charge in [-0.3, -0.25) is 30.6 Å². The second-order valence-electron chi connectivity index (χ2n) is 6.02. The molecule has 0 radical (unpaired) electrons. The van der Waals surface area contributed by atoms with Gasteiger partial charge in [0.1, 0.15) is 0 Å². The van der Waals surface area contributed by atoms with Crippen molar-refractivity contribution in [2.24, 2.45) is 5.92 Å². The van der Waals surface area contributed by atoms with E-state index in [0.717, 1.165) is 11.6 Å². The van der Waals surface area contributed by atoms with Crippen molar-refractivity contribution in [1.82, 2.24) is 10.9 Å². The Morgan fingerprint density at radius 2 is 1.73 bits per heavy atom. The summed E-state index contributed by atoms with van der Waals surface area (Å²) in [5.74, 6) is -1.54. The third-order valence-corrected chi connectivity index (χ3v) is 4.05. The topological polar surface area (TPSA) is 101 Å². The van der Waals surface area contributed by atoms with Crippen molar-refractivity contribution >= 4 is 29.1 Å². The number of nitrogens with zero attached hydrogens (tertiary/aromatic N) is 1. The first-order chi connectivity index (χ1) is 12.3. The summed E-state index contributed by atoms with van der Waals surface area (Å²) in [7, 11) is 0. The maximum absolute atomic E-state index is 12.5. The fraction of sp³-hybridized carbons (Fsp3) is 0.222. The van der Waals surface area contributed by atoms with Gasteiger partial charge in [0.15, 0.2) is 0 Å². The smallest absolute Gasteiger partial charge is 0.270 e. The molecule has 2 rings (SSSR count). The average molecular weight is 376 g/mol. The first kappa shape index (κ1) is 19.4. The Hall–Kier alpha value is -2.93. The standard InChI is InChI=1S/C18H18ClN3O4/c1-11(2)16(12-6-8-14(19)9-7-12)18(24)21-20-17(23)13-4-3-5-15(10-13)22(25)26/h3-11,16H,1-2H3,(H,20,23)(H,21,24)/t16-/m0/s1. The second-order valence-corrected chi connectivity index (χ2v) is 6.46. The van der Waals surface area contributed by atoms with Gasteiger partial charge in [0.25, 0.3) is 11.6 Å². The first-order valence-corrected chi connectivity index (χ1v) is 8.27. The minimum atomic E-state index is -0.638. The van der Waals surface area contributed by atoms with Crippen LogP contribution in [0.4, 0.5) is 5.69 Å². The summed E-state index contributed by atoms with van der Waals surface area (Å²) in [6.07, 6.45) is 0. The molecule has 136 valence electrons. The maximum atomic E-state index is 12.5. The first-order valence-electron chi connectivity index (χ1n) is 7.89. The van der Waals surface area contributed by atoms with Crippen molar-refractivity contribution in [3.05, 3.63) is 74.8 Å². The van der Waals surface area contributed by atoms with Gasteiger partial charge in [0.05, 0.1) is 10.8 Å². The number of rotatable bonds is 5. The fourth-order valence-electron chi connectivity index (χ4n) is 2.54. The molecule has 2 aromatic carbocycles. The van der Waals surface area contributed by atoms with E-state index in [1.165, 1.54) is 18.2 Å². The van der Waals surface area contributed by atoms with Crippen LogP contribution in [0, 0.1) is 16.0 Å². The Balaban J connectivity index is 2.08. The number of carbonyl (C=O) groups excluding carboxylic acids is 2. The van der Waals surface area contributed by atoms with E-state index >= 15 is 0 Å². The molecule has 0 saturated heterocycles. The molecule has 1 atom stereocenters. The maximum Gasteiger partial charge on any atom is 0.270 e. The fourth-order valence-corrected chi connectivity index (χ4v) is 2.66. The number of benzene rings is 2. The molecule has 7 nitrogen and oxygen atoms in total. The molecule has 2 aromatic rings. The van der Waals surface area contributed by atoms with Crippen molar-refractivity contribution in [2.75, 3.05) is 0 Å². The van der Waals surface area contributed by atoms with Crippen LogP contribution in [0.1, 0.15) is 35.7 Å². The van der Waals surface area contributed by atoms with Crippen molar-refractivity contribution in [3.63, 3.8) is 0 Å². The summed E-state index contributed by atoms with van der Waals surface area (Å²) in [5, 5.41) is 11.3. The molecule has 26 heavy (non-hydrogen) atoms. The molecule has 0 heterocycles. The minimum absolute atomic E-state index is 0.0223. The Bertz CT molecular complexity index is 821. The van der Waals surface area contributed by atoms with Crippen LogP contribution >= 0.6 is 11.6 Å². The molecule has 0 aromatic heterocycles. The molecule has 8 heteroatoms. The lowest BCUT2D eigenvalue weighted by atomic mass is 9.88. The van der Waals surface area contributed by atoms with Crippen LogP contribution in [0.15, 0.2) is 48.5 Å². The van der Waals surface area contributed by atoms with E-state index in [4.69, 9.17) is 11.6 Å². The van der Waals surface area contributed by atoms with E-state index < -0.39 is 16.7 Å². The Morgan fingerprint density at radius 1 is 1.08 bits per heavy atom. The zero-order valence-corrected chi connectivity index (χ0v) is 15.0. The number of non-ortho nitro benzene ring substituents is 1. The highest BCUT2D eigenvalue weighted by Gasteiger charge is 2.24. The monoisotopic (exact) mass is 375 g/mol. The van der Waals surface area contributed by atoms with E-state index in [9.17, 15) is 19.7 Å². The minimum Gasteiger partial charge on any atom is -0.273 e. The number of hydrogen-bond donors (Lipinski definition) is 2. The predicted molar refractivity (Wildman–Crippen MR) is 97.7 cm³/mol. The quantitative estimate of drug-likeness (QED) is 0.617. The van der Waals surface area contributed by atoms with Gasteiger partial charge in [0.2, 0.25) is 5.91 Å². The van der Waals surface area contributed by atoms with E-state index in [-0.39, 0.29) is 23.1 Å². The van der Waals surface area contributed by atoms with Gasteiger partial charge < -0.3 is 0 Å². The number of hydrazine groups is 1. The number of amides is 2. The molecule has 2 amide bonds. The van der Waals surface area contributed by atoms with Crippen LogP contribution in [0.3, 0.4) is 0 Å². The zero-order chi connectivity index (χ0) is 19.3. The Labute approximate surface area is 155 Å². The molecule has 0 spiro atoms. The highest BCUT2D eigenvalue weighted by Crippen LogP contribution is 2.25. The van der Waals surface area contributed by atoms with E-state index in [0.29, 0.717) is 5.02 Å². The summed E-state index contributed by atoms with van der Waals surface area (Å²) in [5.41, 5.74) is 5.32. The molecule has 2 N–H and O–H groups in total. The third kappa shape index (κ3) is 4.80. The highest BCUT2D eigenvalue weighted by molar-refractivity contribution is 6.30. The molecule has 0 bridgehead atoms. The molecule has 0 saturated carbocycles. The van der Waals surface area contributed by atoms with E-state index in [1.807, 2.05) is 13.8 Å².